The van der Waals surface area contributed by atoms with Crippen molar-refractivity contribution in [1.82, 2.24) is 4.90 Å². The van der Waals surface area contributed by atoms with Crippen LogP contribution in [-0.4, -0.2) is 57.9 Å². The summed E-state index contributed by atoms with van der Waals surface area (Å²) in [6, 6.07) is 0. The Kier molecular flexibility index (Phi) is 5.14. The number of imide groups is 1. The van der Waals surface area contributed by atoms with Crippen LogP contribution in [0.2, 0.25) is 0 Å². The molecule has 18 heavy (non-hydrogen) atoms. The van der Waals surface area contributed by atoms with Gasteiger partial charge >= 0.3 is 11.9 Å². The van der Waals surface area contributed by atoms with E-state index in [1.165, 1.54) is 0 Å². The summed E-state index contributed by atoms with van der Waals surface area (Å²) in [5, 5.41) is 7.86. The number of carbonyl (C=O) groups excluding carboxylic acids is 3. The first kappa shape index (κ1) is 14.5. The summed E-state index contributed by atoms with van der Waals surface area (Å²) >= 11 is 0.995. The molecule has 1 N–H and O–H groups in total. The minimum absolute atomic E-state index is 0.0293. The lowest BCUT2D eigenvalue weighted by Crippen LogP contribution is -2.36. The summed E-state index contributed by atoms with van der Waals surface area (Å²) < 4.78 is 4.69. The van der Waals surface area contributed by atoms with E-state index >= 15 is 0 Å². The van der Waals surface area contributed by atoms with Crippen LogP contribution in [0.5, 0.6) is 0 Å². The Morgan fingerprint density at radius 1 is 1.50 bits per heavy atom. The highest BCUT2D eigenvalue weighted by atomic mass is 32.2. The number of aliphatic carboxylic acids is 1. The van der Waals surface area contributed by atoms with Crippen molar-refractivity contribution in [2.75, 3.05) is 18.9 Å². The molecule has 1 aliphatic rings. The number of carboxylic acids is 1. The van der Waals surface area contributed by atoms with Crippen LogP contribution in [0.15, 0.2) is 0 Å². The van der Waals surface area contributed by atoms with Gasteiger partial charge in [-0.2, -0.15) is 0 Å². The van der Waals surface area contributed by atoms with E-state index in [0.29, 0.717) is 4.90 Å². The molecular weight excluding hydrogens is 262 g/mol. The first-order valence-corrected chi connectivity index (χ1v) is 6.33. The molecule has 1 fully saturated rings. The molecule has 0 spiro atoms. The standard InChI is InChI=1S/C10H13NO6S/c1-2-17-9(15)5-18-6-3-7(12)11(10(6)16)4-8(13)14/h6H,2-5H2,1H3,(H,13,14). The second-order valence-electron chi connectivity index (χ2n) is 3.52. The van der Waals surface area contributed by atoms with Crippen LogP contribution < -0.4 is 0 Å². The summed E-state index contributed by atoms with van der Waals surface area (Å²) in [6.45, 7) is 1.29. The molecule has 0 bridgehead atoms. The zero-order valence-corrected chi connectivity index (χ0v) is 10.6. The normalized spacial score (nSPS) is 19.2. The topological polar surface area (TPSA) is 101 Å². The molecule has 0 saturated carbocycles. The molecule has 0 radical (unpaired) electrons. The fraction of sp³-hybridized carbons (Fsp3) is 0.600. The number of hydrogen-bond acceptors (Lipinski definition) is 6. The summed E-state index contributed by atoms with van der Waals surface area (Å²) in [4.78, 5) is 45.4. The molecule has 1 heterocycles. The number of hydrogen-bond donors (Lipinski definition) is 1. The van der Waals surface area contributed by atoms with Crippen LogP contribution in [0, 0.1) is 0 Å². The van der Waals surface area contributed by atoms with Crippen molar-refractivity contribution in [2.45, 2.75) is 18.6 Å². The quantitative estimate of drug-likeness (QED) is 0.515. The minimum atomic E-state index is -1.24. The molecule has 1 atom stereocenters. The van der Waals surface area contributed by atoms with Crippen LogP contribution in [0.25, 0.3) is 0 Å². The molecule has 1 rings (SSSR count). The lowest BCUT2D eigenvalue weighted by molar-refractivity contribution is -0.148. The molecule has 0 aliphatic carbocycles. The Labute approximate surface area is 107 Å². The number of ether oxygens (including phenoxy) is 1. The first-order valence-electron chi connectivity index (χ1n) is 5.29. The molecule has 0 aromatic carbocycles. The number of rotatable bonds is 6. The lowest BCUT2D eigenvalue weighted by Gasteiger charge is -2.11. The molecule has 0 aromatic rings. The fourth-order valence-electron chi connectivity index (χ4n) is 1.46. The highest BCUT2D eigenvalue weighted by molar-refractivity contribution is 8.01. The average molecular weight is 275 g/mol. The molecule has 100 valence electrons. The van der Waals surface area contributed by atoms with Gasteiger partial charge in [-0.3, -0.25) is 24.1 Å². The first-order chi connectivity index (χ1) is 8.45. The van der Waals surface area contributed by atoms with E-state index in [9.17, 15) is 19.2 Å². The number of esters is 1. The summed E-state index contributed by atoms with van der Waals surface area (Å²) in [6.07, 6.45) is -0.0732. The zero-order valence-electron chi connectivity index (χ0n) is 9.75. The van der Waals surface area contributed by atoms with Gasteiger partial charge in [0.05, 0.1) is 17.6 Å². The van der Waals surface area contributed by atoms with Crippen LogP contribution in [0.1, 0.15) is 13.3 Å². The van der Waals surface area contributed by atoms with Gasteiger partial charge in [0, 0.05) is 6.42 Å². The summed E-state index contributed by atoms with van der Waals surface area (Å²) in [5.74, 6) is -2.81. The maximum atomic E-state index is 11.7. The van der Waals surface area contributed by atoms with Gasteiger partial charge in [0.15, 0.2) is 0 Å². The van der Waals surface area contributed by atoms with Gasteiger partial charge in [0.2, 0.25) is 11.8 Å². The van der Waals surface area contributed by atoms with Gasteiger partial charge < -0.3 is 9.84 Å². The molecule has 1 unspecified atom stereocenters. The summed E-state index contributed by atoms with van der Waals surface area (Å²) in [7, 11) is 0. The molecular formula is C10H13NO6S. The molecule has 7 nitrogen and oxygen atoms in total. The van der Waals surface area contributed by atoms with Crippen LogP contribution in [-0.2, 0) is 23.9 Å². The van der Waals surface area contributed by atoms with Crippen molar-refractivity contribution in [3.63, 3.8) is 0 Å². The van der Waals surface area contributed by atoms with Crippen LogP contribution in [0.3, 0.4) is 0 Å². The predicted octanol–water partition coefficient (Wildman–Crippen LogP) is -0.505. The summed E-state index contributed by atoms with van der Waals surface area (Å²) in [5.41, 5.74) is 0. The van der Waals surface area contributed by atoms with Crippen molar-refractivity contribution in [2.24, 2.45) is 0 Å². The van der Waals surface area contributed by atoms with Gasteiger partial charge in [-0.15, -0.1) is 11.8 Å². The Bertz CT molecular complexity index is 383. The van der Waals surface area contributed by atoms with E-state index in [1.807, 2.05) is 0 Å². The maximum Gasteiger partial charge on any atom is 0.323 e. The molecule has 1 saturated heterocycles. The van der Waals surface area contributed by atoms with Crippen molar-refractivity contribution >= 4 is 35.5 Å². The Morgan fingerprint density at radius 3 is 2.72 bits per heavy atom. The molecule has 0 aromatic heterocycles. The minimum Gasteiger partial charge on any atom is -0.480 e. The third-order valence-corrected chi connectivity index (χ3v) is 3.38. The number of nitrogens with zero attached hydrogens (tertiary/aromatic N) is 1. The second kappa shape index (κ2) is 6.39. The van der Waals surface area contributed by atoms with Crippen molar-refractivity contribution in [3.05, 3.63) is 0 Å². The molecule has 1 aliphatic heterocycles. The van der Waals surface area contributed by atoms with Gasteiger partial charge in [-0.05, 0) is 6.92 Å². The maximum absolute atomic E-state index is 11.7. The number of carbonyl (C=O) groups is 4. The molecule has 8 heteroatoms. The van der Waals surface area contributed by atoms with E-state index in [-0.39, 0.29) is 18.8 Å². The SMILES string of the molecule is CCOC(=O)CSC1CC(=O)N(CC(=O)O)C1=O. The van der Waals surface area contributed by atoms with Crippen molar-refractivity contribution in [1.29, 1.82) is 0 Å². The van der Waals surface area contributed by atoms with Crippen LogP contribution >= 0.6 is 11.8 Å². The largest absolute Gasteiger partial charge is 0.480 e. The Balaban J connectivity index is 2.50. The Hall–Kier alpha value is -1.57. The van der Waals surface area contributed by atoms with E-state index in [0.717, 1.165) is 11.8 Å². The zero-order chi connectivity index (χ0) is 13.7. The smallest absolute Gasteiger partial charge is 0.323 e. The van der Waals surface area contributed by atoms with Gasteiger partial charge in [0.1, 0.15) is 6.54 Å². The van der Waals surface area contributed by atoms with Gasteiger partial charge in [0.25, 0.3) is 0 Å². The molecule has 2 amide bonds. The van der Waals surface area contributed by atoms with E-state index in [4.69, 9.17) is 9.84 Å². The van der Waals surface area contributed by atoms with E-state index in [2.05, 4.69) is 0 Å². The van der Waals surface area contributed by atoms with Gasteiger partial charge in [-0.25, -0.2) is 0 Å². The highest BCUT2D eigenvalue weighted by Crippen LogP contribution is 2.24. The highest BCUT2D eigenvalue weighted by Gasteiger charge is 2.39. The number of thioether (sulfide) groups is 1. The third-order valence-electron chi connectivity index (χ3n) is 2.20. The van der Waals surface area contributed by atoms with Crippen LogP contribution in [0.4, 0.5) is 0 Å². The number of carboxylic acid groups (broad SMARTS) is 1. The third kappa shape index (κ3) is 3.73. The fourth-order valence-corrected chi connectivity index (χ4v) is 2.41. The number of amides is 2. The van der Waals surface area contributed by atoms with Crippen molar-refractivity contribution < 1.29 is 29.0 Å². The predicted molar refractivity (Wildman–Crippen MR) is 61.9 cm³/mol. The Morgan fingerprint density at radius 2 is 2.17 bits per heavy atom. The second-order valence-corrected chi connectivity index (χ2v) is 4.71. The lowest BCUT2D eigenvalue weighted by atomic mass is 10.4. The van der Waals surface area contributed by atoms with E-state index < -0.39 is 35.5 Å². The van der Waals surface area contributed by atoms with E-state index in [1.54, 1.807) is 6.92 Å². The average Bonchev–Trinajstić information content (AvgIpc) is 2.54. The van der Waals surface area contributed by atoms with Gasteiger partial charge in [-0.1, -0.05) is 0 Å². The number of likely N-dealkylation sites (tertiary alicyclic amines) is 1. The van der Waals surface area contributed by atoms with Crippen molar-refractivity contribution in [3.8, 4) is 0 Å². The monoisotopic (exact) mass is 275 g/mol.